The number of nitrogens with zero attached hydrogens (tertiary/aromatic N) is 2. The lowest BCUT2D eigenvalue weighted by atomic mass is 10.1. The third-order valence-electron chi connectivity index (χ3n) is 3.47. The van der Waals surface area contributed by atoms with Gasteiger partial charge in [-0.2, -0.15) is 0 Å². The van der Waals surface area contributed by atoms with E-state index in [0.29, 0.717) is 12.6 Å². The summed E-state index contributed by atoms with van der Waals surface area (Å²) in [5.41, 5.74) is 8.23. The Hall–Kier alpha value is -1.09. The molecule has 1 aliphatic heterocycles. The van der Waals surface area contributed by atoms with Crippen LogP contribution in [0.15, 0.2) is 18.5 Å². The molecule has 0 radical (unpaired) electrons. The maximum absolute atomic E-state index is 5.79. The molecule has 0 amide bonds. The molecule has 0 aromatic carbocycles. The molecule has 0 bridgehead atoms. The van der Waals surface area contributed by atoms with Crippen LogP contribution in [0.25, 0.3) is 0 Å². The van der Waals surface area contributed by atoms with Gasteiger partial charge in [-0.3, -0.25) is 4.98 Å². The smallest absolute Gasteiger partial charge is 0.0600 e. The fourth-order valence-electron chi connectivity index (χ4n) is 2.48. The van der Waals surface area contributed by atoms with Crippen molar-refractivity contribution in [2.75, 3.05) is 11.4 Å². The molecule has 1 fully saturated rings. The van der Waals surface area contributed by atoms with Gasteiger partial charge in [0.1, 0.15) is 0 Å². The summed E-state index contributed by atoms with van der Waals surface area (Å²) in [4.78, 5) is 6.71. The van der Waals surface area contributed by atoms with Crippen LogP contribution in [-0.4, -0.2) is 17.6 Å². The second kappa shape index (κ2) is 5.30. The topological polar surface area (TPSA) is 42.2 Å². The third-order valence-corrected chi connectivity index (χ3v) is 3.47. The van der Waals surface area contributed by atoms with Crippen molar-refractivity contribution in [3.8, 4) is 0 Å². The Balaban J connectivity index is 2.26. The van der Waals surface area contributed by atoms with Gasteiger partial charge in [0.2, 0.25) is 0 Å². The molecule has 1 aliphatic rings. The van der Waals surface area contributed by atoms with Gasteiger partial charge in [0.05, 0.1) is 11.9 Å². The molecule has 0 aliphatic carbocycles. The van der Waals surface area contributed by atoms with Gasteiger partial charge in [0.25, 0.3) is 0 Å². The van der Waals surface area contributed by atoms with Crippen LogP contribution < -0.4 is 10.6 Å². The molecule has 3 nitrogen and oxygen atoms in total. The summed E-state index contributed by atoms with van der Waals surface area (Å²) in [6.45, 7) is 4.04. The van der Waals surface area contributed by atoms with E-state index in [0.717, 1.165) is 6.54 Å². The highest BCUT2D eigenvalue weighted by Gasteiger charge is 2.19. The summed E-state index contributed by atoms with van der Waals surface area (Å²) in [5.74, 6) is 0. The molecule has 3 heteroatoms. The number of aromatic nitrogens is 1. The molecule has 1 unspecified atom stereocenters. The Morgan fingerprint density at radius 1 is 1.44 bits per heavy atom. The lowest BCUT2D eigenvalue weighted by Crippen LogP contribution is -2.33. The van der Waals surface area contributed by atoms with E-state index >= 15 is 0 Å². The lowest BCUT2D eigenvalue weighted by molar-refractivity contribution is 0.613. The Morgan fingerprint density at radius 3 is 3.12 bits per heavy atom. The molecular formula is C13H21N3. The van der Waals surface area contributed by atoms with Crippen molar-refractivity contribution in [1.82, 2.24) is 4.98 Å². The molecule has 88 valence electrons. The van der Waals surface area contributed by atoms with Crippen LogP contribution in [0.1, 0.15) is 38.2 Å². The van der Waals surface area contributed by atoms with Crippen LogP contribution in [0.2, 0.25) is 0 Å². The van der Waals surface area contributed by atoms with Gasteiger partial charge in [0, 0.05) is 25.3 Å². The van der Waals surface area contributed by atoms with E-state index in [1.54, 1.807) is 0 Å². The quantitative estimate of drug-likeness (QED) is 0.830. The van der Waals surface area contributed by atoms with Crippen molar-refractivity contribution in [2.24, 2.45) is 5.73 Å². The van der Waals surface area contributed by atoms with E-state index in [4.69, 9.17) is 5.73 Å². The van der Waals surface area contributed by atoms with E-state index < -0.39 is 0 Å². The molecule has 2 N–H and O–H groups in total. The van der Waals surface area contributed by atoms with E-state index in [1.165, 1.54) is 36.9 Å². The zero-order chi connectivity index (χ0) is 11.4. The first-order chi connectivity index (χ1) is 7.83. The van der Waals surface area contributed by atoms with Crippen molar-refractivity contribution in [3.05, 3.63) is 24.0 Å². The first-order valence-corrected chi connectivity index (χ1v) is 6.22. The first-order valence-electron chi connectivity index (χ1n) is 6.22. The molecule has 16 heavy (non-hydrogen) atoms. The van der Waals surface area contributed by atoms with Gasteiger partial charge < -0.3 is 10.6 Å². The van der Waals surface area contributed by atoms with Crippen LogP contribution in [0, 0.1) is 0 Å². The predicted molar refractivity (Wildman–Crippen MR) is 67.4 cm³/mol. The van der Waals surface area contributed by atoms with Gasteiger partial charge in [0.15, 0.2) is 0 Å². The number of anilines is 1. The molecule has 0 spiro atoms. The maximum Gasteiger partial charge on any atom is 0.0600 e. The van der Waals surface area contributed by atoms with Crippen molar-refractivity contribution in [1.29, 1.82) is 0 Å². The Labute approximate surface area is 97.7 Å². The highest BCUT2D eigenvalue weighted by Crippen LogP contribution is 2.26. The molecule has 1 aromatic heterocycles. The minimum absolute atomic E-state index is 0.598. The normalized spacial score (nSPS) is 21.9. The zero-order valence-electron chi connectivity index (χ0n) is 10.0. The lowest BCUT2D eigenvalue weighted by Gasteiger charge is -2.30. The second-order valence-corrected chi connectivity index (χ2v) is 4.60. The van der Waals surface area contributed by atoms with Crippen molar-refractivity contribution < 1.29 is 0 Å². The van der Waals surface area contributed by atoms with E-state index in [-0.39, 0.29) is 0 Å². The third kappa shape index (κ3) is 2.35. The number of hydrogen-bond acceptors (Lipinski definition) is 3. The molecule has 1 atom stereocenters. The van der Waals surface area contributed by atoms with Crippen molar-refractivity contribution in [3.63, 3.8) is 0 Å². The zero-order valence-corrected chi connectivity index (χ0v) is 10.0. The molecule has 0 saturated carbocycles. The largest absolute Gasteiger partial charge is 0.367 e. The number of rotatable bonds is 2. The summed E-state index contributed by atoms with van der Waals surface area (Å²) in [5, 5.41) is 0. The number of pyridine rings is 1. The summed E-state index contributed by atoms with van der Waals surface area (Å²) in [6, 6.07) is 2.64. The molecule has 1 saturated heterocycles. The first kappa shape index (κ1) is 11.4. The molecule has 2 heterocycles. The average Bonchev–Trinajstić information content (AvgIpc) is 2.54. The highest BCUT2D eigenvalue weighted by molar-refractivity contribution is 5.52. The van der Waals surface area contributed by atoms with Crippen LogP contribution in [0.3, 0.4) is 0 Å². The van der Waals surface area contributed by atoms with Gasteiger partial charge in [-0.15, -0.1) is 0 Å². The average molecular weight is 219 g/mol. The highest BCUT2D eigenvalue weighted by atomic mass is 15.2. The Morgan fingerprint density at radius 2 is 2.31 bits per heavy atom. The van der Waals surface area contributed by atoms with E-state index in [9.17, 15) is 0 Å². The minimum atomic E-state index is 0.598. The standard InChI is InChI=1S/C13H21N3/c1-11-5-3-2-4-8-16(11)13-10-15-7-6-12(13)9-14/h6-7,10-11H,2-5,8-9,14H2,1H3. The summed E-state index contributed by atoms with van der Waals surface area (Å²) in [6.07, 6.45) is 9.04. The van der Waals surface area contributed by atoms with Crippen LogP contribution in [0.5, 0.6) is 0 Å². The van der Waals surface area contributed by atoms with Gasteiger partial charge >= 0.3 is 0 Å². The molecule has 2 rings (SSSR count). The maximum atomic E-state index is 5.79. The van der Waals surface area contributed by atoms with Crippen LogP contribution in [0.4, 0.5) is 5.69 Å². The Kier molecular flexibility index (Phi) is 3.78. The van der Waals surface area contributed by atoms with E-state index in [2.05, 4.69) is 16.8 Å². The fraction of sp³-hybridized carbons (Fsp3) is 0.615. The SMILES string of the molecule is CC1CCCCCN1c1cnccc1CN. The summed E-state index contributed by atoms with van der Waals surface area (Å²) < 4.78 is 0. The van der Waals surface area contributed by atoms with Gasteiger partial charge in [-0.25, -0.2) is 0 Å². The summed E-state index contributed by atoms with van der Waals surface area (Å²) in [7, 11) is 0. The number of nitrogens with two attached hydrogens (primary N) is 1. The molecular weight excluding hydrogens is 198 g/mol. The number of hydrogen-bond donors (Lipinski definition) is 1. The monoisotopic (exact) mass is 219 g/mol. The molecule has 1 aromatic rings. The summed E-state index contributed by atoms with van der Waals surface area (Å²) >= 11 is 0. The van der Waals surface area contributed by atoms with Crippen LogP contribution >= 0.6 is 0 Å². The fourth-order valence-corrected chi connectivity index (χ4v) is 2.48. The minimum Gasteiger partial charge on any atom is -0.367 e. The van der Waals surface area contributed by atoms with Gasteiger partial charge in [-0.1, -0.05) is 12.8 Å². The predicted octanol–water partition coefficient (Wildman–Crippen LogP) is 2.31. The van der Waals surface area contributed by atoms with Crippen LogP contribution in [-0.2, 0) is 6.54 Å². The van der Waals surface area contributed by atoms with E-state index in [1.807, 2.05) is 18.5 Å². The second-order valence-electron chi connectivity index (χ2n) is 4.60. The van der Waals surface area contributed by atoms with Gasteiger partial charge in [-0.05, 0) is 31.4 Å². The van der Waals surface area contributed by atoms with Crippen molar-refractivity contribution in [2.45, 2.75) is 45.2 Å². The van der Waals surface area contributed by atoms with Crippen molar-refractivity contribution >= 4 is 5.69 Å². The Bertz CT molecular complexity index is 338.